The molecule has 18 heavy (non-hydrogen) atoms. The lowest BCUT2D eigenvalue weighted by Crippen LogP contribution is -2.37. The van der Waals surface area contributed by atoms with Crippen molar-refractivity contribution in [2.24, 2.45) is 0 Å². The first-order chi connectivity index (χ1) is 8.66. The predicted molar refractivity (Wildman–Crippen MR) is 66.6 cm³/mol. The molecule has 2 rings (SSSR count). The molecule has 1 atom stereocenters. The SMILES string of the molecule is CN(C)C(=O)c1ccc(O[C@H]2CCCNC2)nn1. The average molecular weight is 250 g/mol. The number of carbonyl (C=O) groups is 1. The van der Waals surface area contributed by atoms with Gasteiger partial charge in [-0.1, -0.05) is 0 Å². The Morgan fingerprint density at radius 3 is 2.83 bits per heavy atom. The van der Waals surface area contributed by atoms with Crippen molar-refractivity contribution < 1.29 is 9.53 Å². The van der Waals surface area contributed by atoms with Crippen LogP contribution < -0.4 is 10.1 Å². The highest BCUT2D eigenvalue weighted by Crippen LogP contribution is 2.12. The molecule has 0 unspecified atom stereocenters. The van der Waals surface area contributed by atoms with Gasteiger partial charge in [-0.2, -0.15) is 0 Å². The van der Waals surface area contributed by atoms with E-state index < -0.39 is 0 Å². The van der Waals surface area contributed by atoms with E-state index in [9.17, 15) is 4.79 Å². The highest BCUT2D eigenvalue weighted by atomic mass is 16.5. The van der Waals surface area contributed by atoms with E-state index in [0.29, 0.717) is 11.6 Å². The second kappa shape index (κ2) is 5.77. The third-order valence-electron chi connectivity index (χ3n) is 2.80. The molecule has 1 saturated heterocycles. The number of nitrogens with zero attached hydrogens (tertiary/aromatic N) is 3. The van der Waals surface area contributed by atoms with E-state index in [4.69, 9.17) is 4.74 Å². The first kappa shape index (κ1) is 12.8. The number of amides is 1. The van der Waals surface area contributed by atoms with Crippen LogP contribution in [0.3, 0.4) is 0 Å². The third-order valence-corrected chi connectivity index (χ3v) is 2.80. The molecule has 6 heteroatoms. The van der Waals surface area contributed by atoms with E-state index in [1.807, 2.05) is 0 Å². The minimum Gasteiger partial charge on any atom is -0.472 e. The molecule has 0 aliphatic carbocycles. The van der Waals surface area contributed by atoms with Crippen LogP contribution in [0.2, 0.25) is 0 Å². The molecule has 98 valence electrons. The van der Waals surface area contributed by atoms with Gasteiger partial charge in [0, 0.05) is 26.7 Å². The third kappa shape index (κ3) is 3.16. The van der Waals surface area contributed by atoms with E-state index in [-0.39, 0.29) is 12.0 Å². The quantitative estimate of drug-likeness (QED) is 0.836. The van der Waals surface area contributed by atoms with E-state index in [2.05, 4.69) is 15.5 Å². The molecule has 1 aromatic heterocycles. The molecule has 0 spiro atoms. The summed E-state index contributed by atoms with van der Waals surface area (Å²) in [7, 11) is 3.37. The Bertz CT molecular complexity index is 399. The van der Waals surface area contributed by atoms with Crippen LogP contribution in [-0.2, 0) is 0 Å². The van der Waals surface area contributed by atoms with Gasteiger partial charge in [-0.05, 0) is 25.5 Å². The maximum absolute atomic E-state index is 11.6. The molecule has 2 heterocycles. The summed E-state index contributed by atoms with van der Waals surface area (Å²) in [5.41, 5.74) is 0.328. The molecule has 1 amide bonds. The number of hydrogen-bond acceptors (Lipinski definition) is 5. The molecule has 0 saturated carbocycles. The van der Waals surface area contributed by atoms with Crippen LogP contribution in [0.4, 0.5) is 0 Å². The van der Waals surface area contributed by atoms with E-state index in [1.165, 1.54) is 4.90 Å². The van der Waals surface area contributed by atoms with Crippen LogP contribution in [0.15, 0.2) is 12.1 Å². The fourth-order valence-electron chi connectivity index (χ4n) is 1.82. The average Bonchev–Trinajstić information content (AvgIpc) is 2.40. The molecule has 6 nitrogen and oxygen atoms in total. The Labute approximate surface area is 106 Å². The molecule has 1 aliphatic heterocycles. The van der Waals surface area contributed by atoms with Crippen LogP contribution in [0.25, 0.3) is 0 Å². The van der Waals surface area contributed by atoms with Crippen molar-refractivity contribution in [1.82, 2.24) is 20.4 Å². The first-order valence-electron chi connectivity index (χ1n) is 6.09. The van der Waals surface area contributed by atoms with Crippen molar-refractivity contribution in [3.8, 4) is 5.88 Å². The van der Waals surface area contributed by atoms with Gasteiger partial charge in [0.05, 0.1) is 0 Å². The van der Waals surface area contributed by atoms with E-state index in [1.54, 1.807) is 26.2 Å². The smallest absolute Gasteiger partial charge is 0.273 e. The maximum Gasteiger partial charge on any atom is 0.273 e. The van der Waals surface area contributed by atoms with Gasteiger partial charge in [0.1, 0.15) is 6.10 Å². The summed E-state index contributed by atoms with van der Waals surface area (Å²) in [6.45, 7) is 1.88. The van der Waals surface area contributed by atoms with Crippen LogP contribution in [-0.4, -0.2) is 54.3 Å². The molecular formula is C12H18N4O2. The maximum atomic E-state index is 11.6. The van der Waals surface area contributed by atoms with Crippen molar-refractivity contribution >= 4 is 5.91 Å². The van der Waals surface area contributed by atoms with Gasteiger partial charge in [-0.3, -0.25) is 4.79 Å². The minimum atomic E-state index is -0.159. The summed E-state index contributed by atoms with van der Waals surface area (Å²) in [4.78, 5) is 13.1. The lowest BCUT2D eigenvalue weighted by molar-refractivity contribution is 0.0820. The summed E-state index contributed by atoms with van der Waals surface area (Å²) in [6.07, 6.45) is 2.27. The fraction of sp³-hybridized carbons (Fsp3) is 0.583. The molecule has 0 aromatic carbocycles. The van der Waals surface area contributed by atoms with Gasteiger partial charge in [0.15, 0.2) is 5.69 Å². The van der Waals surface area contributed by atoms with Gasteiger partial charge in [0.2, 0.25) is 5.88 Å². The number of aromatic nitrogens is 2. The van der Waals surface area contributed by atoms with Crippen molar-refractivity contribution in [1.29, 1.82) is 0 Å². The number of nitrogens with one attached hydrogen (secondary N) is 1. The molecule has 0 bridgehead atoms. The number of ether oxygens (including phenoxy) is 1. The second-order valence-electron chi connectivity index (χ2n) is 4.54. The standard InChI is InChI=1S/C12H18N4O2/c1-16(2)12(17)10-5-6-11(15-14-10)18-9-4-3-7-13-8-9/h5-6,9,13H,3-4,7-8H2,1-2H3/t9-/m0/s1. The monoisotopic (exact) mass is 250 g/mol. The van der Waals surface area contributed by atoms with Gasteiger partial charge >= 0.3 is 0 Å². The van der Waals surface area contributed by atoms with Crippen molar-refractivity contribution in [3.05, 3.63) is 17.8 Å². The number of piperidine rings is 1. The summed E-state index contributed by atoms with van der Waals surface area (Å²) in [6, 6.07) is 3.33. The van der Waals surface area contributed by atoms with Crippen LogP contribution in [0, 0.1) is 0 Å². The number of carbonyl (C=O) groups excluding carboxylic acids is 1. The summed E-state index contributed by atoms with van der Waals surface area (Å²) in [5, 5.41) is 11.1. The summed E-state index contributed by atoms with van der Waals surface area (Å²) in [5.74, 6) is 0.312. The van der Waals surface area contributed by atoms with Crippen LogP contribution >= 0.6 is 0 Å². The Hall–Kier alpha value is -1.69. The molecule has 1 fully saturated rings. The van der Waals surface area contributed by atoms with Gasteiger partial charge in [-0.25, -0.2) is 0 Å². The van der Waals surface area contributed by atoms with Crippen molar-refractivity contribution in [2.45, 2.75) is 18.9 Å². The number of hydrogen-bond donors (Lipinski definition) is 1. The van der Waals surface area contributed by atoms with Crippen LogP contribution in [0.1, 0.15) is 23.3 Å². The van der Waals surface area contributed by atoms with E-state index in [0.717, 1.165) is 25.9 Å². The molecule has 1 aliphatic rings. The Balaban J connectivity index is 1.96. The Morgan fingerprint density at radius 2 is 2.28 bits per heavy atom. The van der Waals surface area contributed by atoms with Crippen molar-refractivity contribution in [3.63, 3.8) is 0 Å². The van der Waals surface area contributed by atoms with Gasteiger partial charge < -0.3 is 15.0 Å². The lowest BCUT2D eigenvalue weighted by Gasteiger charge is -2.23. The predicted octanol–water partition coefficient (Wildman–Crippen LogP) is 0.309. The zero-order valence-corrected chi connectivity index (χ0v) is 10.7. The molecule has 0 radical (unpaired) electrons. The zero-order chi connectivity index (χ0) is 13.0. The fourth-order valence-corrected chi connectivity index (χ4v) is 1.82. The van der Waals surface area contributed by atoms with Crippen molar-refractivity contribution in [2.75, 3.05) is 27.2 Å². The van der Waals surface area contributed by atoms with Gasteiger partial charge in [0.25, 0.3) is 5.91 Å². The summed E-state index contributed by atoms with van der Waals surface area (Å²) < 4.78 is 5.69. The molecular weight excluding hydrogens is 232 g/mol. The normalized spacial score (nSPS) is 19.3. The minimum absolute atomic E-state index is 0.142. The van der Waals surface area contributed by atoms with Gasteiger partial charge in [-0.15, -0.1) is 10.2 Å². The second-order valence-corrected chi connectivity index (χ2v) is 4.54. The Kier molecular flexibility index (Phi) is 4.09. The van der Waals surface area contributed by atoms with E-state index >= 15 is 0 Å². The highest BCUT2D eigenvalue weighted by Gasteiger charge is 2.16. The molecule has 1 aromatic rings. The number of rotatable bonds is 3. The first-order valence-corrected chi connectivity index (χ1v) is 6.09. The highest BCUT2D eigenvalue weighted by molar-refractivity contribution is 5.91. The summed E-state index contributed by atoms with van der Waals surface area (Å²) >= 11 is 0. The lowest BCUT2D eigenvalue weighted by atomic mass is 10.1. The largest absolute Gasteiger partial charge is 0.472 e. The zero-order valence-electron chi connectivity index (χ0n) is 10.7. The molecule has 1 N–H and O–H groups in total. The van der Waals surface area contributed by atoms with Crippen LogP contribution in [0.5, 0.6) is 5.88 Å². The topological polar surface area (TPSA) is 67.3 Å². The Morgan fingerprint density at radius 1 is 1.44 bits per heavy atom.